The van der Waals surface area contributed by atoms with Gasteiger partial charge in [0.05, 0.1) is 17.5 Å². The van der Waals surface area contributed by atoms with Crippen molar-refractivity contribution in [3.8, 4) is 0 Å². The molecule has 0 radical (unpaired) electrons. The Labute approximate surface area is 119 Å². The Morgan fingerprint density at radius 2 is 2.33 bits per heavy atom. The van der Waals surface area contributed by atoms with E-state index in [0.29, 0.717) is 29.0 Å². The van der Waals surface area contributed by atoms with Crippen LogP contribution in [0.2, 0.25) is 0 Å². The third-order valence-corrected chi connectivity index (χ3v) is 4.08. The Bertz CT molecular complexity index is 462. The molecule has 0 saturated carbocycles. The van der Waals surface area contributed by atoms with Crippen LogP contribution in [0.5, 0.6) is 0 Å². The molecule has 1 aromatic rings. The SMILES string of the molecule is CCn1ncc(NCC(C)(O)CSC)c(Br)c1=O. The Hall–Kier alpha value is -0.530. The Balaban J connectivity index is 2.81. The average Bonchev–Trinajstić information content (AvgIpc) is 2.31. The van der Waals surface area contributed by atoms with Crippen LogP contribution >= 0.6 is 27.7 Å². The molecule has 0 spiro atoms. The number of aliphatic hydroxyl groups is 1. The number of anilines is 1. The largest absolute Gasteiger partial charge is 0.387 e. The highest BCUT2D eigenvalue weighted by molar-refractivity contribution is 9.10. The third kappa shape index (κ3) is 4.00. The molecule has 5 nitrogen and oxygen atoms in total. The molecule has 102 valence electrons. The predicted molar refractivity (Wildman–Crippen MR) is 79.4 cm³/mol. The van der Waals surface area contributed by atoms with Gasteiger partial charge in [-0.1, -0.05) is 0 Å². The molecule has 1 rings (SSSR count). The number of nitrogens with one attached hydrogen (secondary N) is 1. The van der Waals surface area contributed by atoms with Gasteiger partial charge in [0.1, 0.15) is 4.47 Å². The lowest BCUT2D eigenvalue weighted by atomic mass is 10.1. The second kappa shape index (κ2) is 6.58. The highest BCUT2D eigenvalue weighted by Gasteiger charge is 2.20. The fraction of sp³-hybridized carbons (Fsp3) is 0.636. The fourth-order valence-electron chi connectivity index (χ4n) is 1.46. The average molecular weight is 336 g/mol. The van der Waals surface area contributed by atoms with Gasteiger partial charge in [0.2, 0.25) is 0 Å². The van der Waals surface area contributed by atoms with Gasteiger partial charge in [-0.05, 0) is 36.0 Å². The number of hydrogen-bond donors (Lipinski definition) is 2. The van der Waals surface area contributed by atoms with Crippen molar-refractivity contribution in [2.45, 2.75) is 26.0 Å². The maximum Gasteiger partial charge on any atom is 0.283 e. The van der Waals surface area contributed by atoms with Crippen LogP contribution in [0.25, 0.3) is 0 Å². The van der Waals surface area contributed by atoms with Crippen molar-refractivity contribution in [3.05, 3.63) is 21.0 Å². The van der Waals surface area contributed by atoms with Crippen molar-refractivity contribution >= 4 is 33.4 Å². The van der Waals surface area contributed by atoms with E-state index in [1.807, 2.05) is 13.2 Å². The van der Waals surface area contributed by atoms with E-state index >= 15 is 0 Å². The Morgan fingerprint density at radius 3 is 2.89 bits per heavy atom. The van der Waals surface area contributed by atoms with E-state index in [1.54, 1.807) is 24.9 Å². The summed E-state index contributed by atoms with van der Waals surface area (Å²) >= 11 is 4.83. The first kappa shape index (κ1) is 15.5. The quantitative estimate of drug-likeness (QED) is 0.825. The number of nitrogens with zero attached hydrogens (tertiary/aromatic N) is 2. The van der Waals surface area contributed by atoms with Crippen LogP contribution in [0, 0.1) is 0 Å². The molecule has 0 bridgehead atoms. The van der Waals surface area contributed by atoms with Gasteiger partial charge in [0.25, 0.3) is 5.56 Å². The summed E-state index contributed by atoms with van der Waals surface area (Å²) in [5, 5.41) is 17.1. The first-order chi connectivity index (χ1) is 8.41. The van der Waals surface area contributed by atoms with Crippen molar-refractivity contribution in [2.24, 2.45) is 0 Å². The first-order valence-corrected chi connectivity index (χ1v) is 7.80. The van der Waals surface area contributed by atoms with Crippen LogP contribution < -0.4 is 10.9 Å². The Morgan fingerprint density at radius 1 is 1.67 bits per heavy atom. The summed E-state index contributed by atoms with van der Waals surface area (Å²) in [6.07, 6.45) is 3.53. The molecule has 18 heavy (non-hydrogen) atoms. The molecular formula is C11H18BrN3O2S. The molecule has 0 aliphatic rings. The molecular weight excluding hydrogens is 318 g/mol. The highest BCUT2D eigenvalue weighted by atomic mass is 79.9. The third-order valence-electron chi connectivity index (χ3n) is 2.40. The minimum absolute atomic E-state index is 0.174. The lowest BCUT2D eigenvalue weighted by Crippen LogP contribution is -2.36. The molecule has 7 heteroatoms. The van der Waals surface area contributed by atoms with Crippen LogP contribution in [-0.2, 0) is 6.54 Å². The van der Waals surface area contributed by atoms with Gasteiger partial charge in [0.15, 0.2) is 0 Å². The molecule has 2 N–H and O–H groups in total. The van der Waals surface area contributed by atoms with Crippen molar-refractivity contribution in [1.29, 1.82) is 0 Å². The second-order valence-electron chi connectivity index (χ2n) is 4.28. The molecule has 1 atom stereocenters. The normalized spacial score (nSPS) is 14.3. The number of rotatable bonds is 6. The molecule has 0 saturated heterocycles. The van der Waals surface area contributed by atoms with Crippen LogP contribution in [0.1, 0.15) is 13.8 Å². The van der Waals surface area contributed by atoms with E-state index < -0.39 is 5.60 Å². The lowest BCUT2D eigenvalue weighted by molar-refractivity contribution is 0.0997. The van der Waals surface area contributed by atoms with Crippen LogP contribution in [-0.4, -0.2) is 39.0 Å². The van der Waals surface area contributed by atoms with Gasteiger partial charge >= 0.3 is 0 Å². The van der Waals surface area contributed by atoms with Crippen LogP contribution in [0.15, 0.2) is 15.5 Å². The Kier molecular flexibility index (Phi) is 5.68. The number of thioether (sulfide) groups is 1. The summed E-state index contributed by atoms with van der Waals surface area (Å²) < 4.78 is 1.81. The van der Waals surface area contributed by atoms with E-state index in [1.165, 1.54) is 4.68 Å². The second-order valence-corrected chi connectivity index (χ2v) is 5.94. The van der Waals surface area contributed by atoms with Crippen molar-refractivity contribution in [2.75, 3.05) is 23.9 Å². The van der Waals surface area contributed by atoms with Crippen molar-refractivity contribution < 1.29 is 5.11 Å². The van der Waals surface area contributed by atoms with E-state index in [9.17, 15) is 9.90 Å². The van der Waals surface area contributed by atoms with Crippen molar-refractivity contribution in [3.63, 3.8) is 0 Å². The van der Waals surface area contributed by atoms with Crippen molar-refractivity contribution in [1.82, 2.24) is 9.78 Å². The zero-order chi connectivity index (χ0) is 13.8. The molecule has 1 aromatic heterocycles. The zero-order valence-electron chi connectivity index (χ0n) is 10.7. The number of hydrogen-bond acceptors (Lipinski definition) is 5. The molecule has 1 heterocycles. The van der Waals surface area contributed by atoms with Gasteiger partial charge in [-0.3, -0.25) is 4.79 Å². The summed E-state index contributed by atoms with van der Waals surface area (Å²) in [7, 11) is 0. The molecule has 1 unspecified atom stereocenters. The minimum atomic E-state index is -0.821. The fourth-order valence-corrected chi connectivity index (χ4v) is 2.63. The number of aromatic nitrogens is 2. The summed E-state index contributed by atoms with van der Waals surface area (Å²) in [6.45, 7) is 4.51. The van der Waals surface area contributed by atoms with E-state index in [-0.39, 0.29) is 5.56 Å². The standard InChI is InChI=1S/C11H18BrN3O2S/c1-4-15-10(16)9(12)8(5-14-15)13-6-11(2,17)7-18-3/h5,13,17H,4,6-7H2,1-3H3. The summed E-state index contributed by atoms with van der Waals surface area (Å²) in [5.41, 5.74) is -0.392. The monoisotopic (exact) mass is 335 g/mol. The number of halogens is 1. The summed E-state index contributed by atoms with van der Waals surface area (Å²) in [6, 6.07) is 0. The van der Waals surface area contributed by atoms with Crippen LogP contribution in [0.3, 0.4) is 0 Å². The van der Waals surface area contributed by atoms with Gasteiger partial charge in [-0.25, -0.2) is 4.68 Å². The maximum atomic E-state index is 11.8. The summed E-state index contributed by atoms with van der Waals surface area (Å²) in [4.78, 5) is 11.8. The molecule has 0 amide bonds. The van der Waals surface area contributed by atoms with E-state index in [0.717, 1.165) is 0 Å². The predicted octanol–water partition coefficient (Wildman–Crippen LogP) is 1.55. The zero-order valence-corrected chi connectivity index (χ0v) is 13.1. The number of aryl methyl sites for hydroxylation is 1. The maximum absolute atomic E-state index is 11.8. The molecule has 0 aliphatic heterocycles. The van der Waals surface area contributed by atoms with Gasteiger partial charge in [-0.2, -0.15) is 16.9 Å². The van der Waals surface area contributed by atoms with Gasteiger partial charge in [0, 0.05) is 18.8 Å². The van der Waals surface area contributed by atoms with Crippen LogP contribution in [0.4, 0.5) is 5.69 Å². The molecule has 0 fully saturated rings. The van der Waals surface area contributed by atoms with E-state index in [2.05, 4.69) is 26.3 Å². The van der Waals surface area contributed by atoms with Gasteiger partial charge in [-0.15, -0.1) is 0 Å². The first-order valence-electron chi connectivity index (χ1n) is 5.62. The minimum Gasteiger partial charge on any atom is -0.387 e. The van der Waals surface area contributed by atoms with E-state index in [4.69, 9.17) is 0 Å². The molecule has 0 aliphatic carbocycles. The smallest absolute Gasteiger partial charge is 0.283 e. The molecule has 0 aromatic carbocycles. The topological polar surface area (TPSA) is 67.2 Å². The lowest BCUT2D eigenvalue weighted by Gasteiger charge is -2.23. The highest BCUT2D eigenvalue weighted by Crippen LogP contribution is 2.18. The summed E-state index contributed by atoms with van der Waals surface area (Å²) in [5.74, 6) is 0.622. The van der Waals surface area contributed by atoms with Gasteiger partial charge < -0.3 is 10.4 Å².